The molecule has 0 aliphatic heterocycles. The average Bonchev–Trinajstić information content (AvgIpc) is 2.28. The third-order valence-electron chi connectivity index (χ3n) is 2.00. The van der Waals surface area contributed by atoms with E-state index < -0.39 is 0 Å². The molecule has 82 valence electrons. The van der Waals surface area contributed by atoms with Crippen molar-refractivity contribution in [2.75, 3.05) is 18.5 Å². The minimum absolute atomic E-state index is 0.781. The monoisotopic (exact) mass is 205 g/mol. The maximum absolute atomic E-state index is 5.49. The molecule has 0 atom stereocenters. The van der Waals surface area contributed by atoms with E-state index >= 15 is 0 Å². The van der Waals surface area contributed by atoms with Crippen LogP contribution in [-0.4, -0.2) is 13.2 Å². The molecular weight excluding hydrogens is 186 g/mol. The molecule has 1 aromatic carbocycles. The lowest BCUT2D eigenvalue weighted by molar-refractivity contribution is 0.317. The van der Waals surface area contributed by atoms with E-state index in [2.05, 4.69) is 18.8 Å². The second-order valence-electron chi connectivity index (χ2n) is 3.38. The summed E-state index contributed by atoms with van der Waals surface area (Å²) in [6.07, 6.45) is 3.93. The lowest BCUT2D eigenvalue weighted by Crippen LogP contribution is -2.00. The molecule has 0 saturated carbocycles. The van der Waals surface area contributed by atoms with Crippen LogP contribution in [0.4, 0.5) is 5.69 Å². The predicted octanol–water partition coefficient (Wildman–Crippen LogP) is 3.46. The number of nitrogens with one attached hydrogen (secondary N) is 1. The predicted molar refractivity (Wildman–Crippen MR) is 65.5 cm³/mol. The highest BCUT2D eigenvalue weighted by molar-refractivity contribution is 5.46. The van der Waals surface area contributed by atoms with Crippen LogP contribution in [0.5, 0.6) is 5.75 Å². The molecule has 1 N–H and O–H groups in total. The molecule has 0 radical (unpaired) electrons. The molecular formula is C13H19NO. The molecule has 1 rings (SSSR count). The molecule has 0 unspecified atom stereocenters. The van der Waals surface area contributed by atoms with Crippen LogP contribution in [-0.2, 0) is 0 Å². The first kappa shape index (κ1) is 11.6. The SMILES string of the molecule is C=CCCNc1ccc(OCCC)cc1. The summed E-state index contributed by atoms with van der Waals surface area (Å²) in [6.45, 7) is 7.49. The number of hydrogen-bond acceptors (Lipinski definition) is 2. The summed E-state index contributed by atoms with van der Waals surface area (Å²) in [5.41, 5.74) is 1.13. The van der Waals surface area contributed by atoms with E-state index in [9.17, 15) is 0 Å². The van der Waals surface area contributed by atoms with Gasteiger partial charge < -0.3 is 10.1 Å². The lowest BCUT2D eigenvalue weighted by atomic mass is 10.3. The van der Waals surface area contributed by atoms with E-state index in [1.165, 1.54) is 0 Å². The fourth-order valence-corrected chi connectivity index (χ4v) is 1.21. The van der Waals surface area contributed by atoms with Crippen molar-refractivity contribution in [3.63, 3.8) is 0 Å². The van der Waals surface area contributed by atoms with Gasteiger partial charge in [-0.2, -0.15) is 0 Å². The largest absolute Gasteiger partial charge is 0.494 e. The van der Waals surface area contributed by atoms with E-state index in [-0.39, 0.29) is 0 Å². The van der Waals surface area contributed by atoms with Crippen molar-refractivity contribution in [1.29, 1.82) is 0 Å². The Hall–Kier alpha value is -1.44. The highest BCUT2D eigenvalue weighted by Gasteiger charge is 1.93. The molecule has 0 bridgehead atoms. The second-order valence-corrected chi connectivity index (χ2v) is 3.38. The molecule has 0 amide bonds. The standard InChI is InChI=1S/C13H19NO/c1-3-5-10-14-12-6-8-13(9-7-12)15-11-4-2/h3,6-9,14H,1,4-5,10-11H2,2H3. The molecule has 0 fully saturated rings. The van der Waals surface area contributed by atoms with Crippen LogP contribution in [0.25, 0.3) is 0 Å². The molecule has 0 saturated heterocycles. The van der Waals surface area contributed by atoms with Gasteiger partial charge in [0, 0.05) is 12.2 Å². The number of rotatable bonds is 7. The smallest absolute Gasteiger partial charge is 0.119 e. The minimum Gasteiger partial charge on any atom is -0.494 e. The van der Waals surface area contributed by atoms with Gasteiger partial charge in [0.05, 0.1) is 6.61 Å². The molecule has 0 spiro atoms. The van der Waals surface area contributed by atoms with Crippen LogP contribution >= 0.6 is 0 Å². The number of hydrogen-bond donors (Lipinski definition) is 1. The normalized spacial score (nSPS) is 9.67. The highest BCUT2D eigenvalue weighted by atomic mass is 16.5. The third kappa shape index (κ3) is 4.54. The van der Waals surface area contributed by atoms with Crippen LogP contribution < -0.4 is 10.1 Å². The first-order chi connectivity index (χ1) is 7.36. The van der Waals surface area contributed by atoms with E-state index in [0.717, 1.165) is 37.4 Å². The van der Waals surface area contributed by atoms with Crippen LogP contribution in [0.1, 0.15) is 19.8 Å². The van der Waals surface area contributed by atoms with Crippen molar-refractivity contribution >= 4 is 5.69 Å². The minimum atomic E-state index is 0.781. The van der Waals surface area contributed by atoms with Crippen molar-refractivity contribution in [1.82, 2.24) is 0 Å². The van der Waals surface area contributed by atoms with Crippen molar-refractivity contribution < 1.29 is 4.74 Å². The second kappa shape index (κ2) is 6.93. The number of benzene rings is 1. The zero-order chi connectivity index (χ0) is 10.9. The summed E-state index contributed by atoms with van der Waals surface area (Å²) in [6, 6.07) is 8.06. The van der Waals surface area contributed by atoms with Gasteiger partial charge >= 0.3 is 0 Å². The number of anilines is 1. The summed E-state index contributed by atoms with van der Waals surface area (Å²) < 4.78 is 5.49. The van der Waals surface area contributed by atoms with Crippen LogP contribution in [0.2, 0.25) is 0 Å². The molecule has 0 aliphatic carbocycles. The van der Waals surface area contributed by atoms with Crippen LogP contribution in [0.3, 0.4) is 0 Å². The topological polar surface area (TPSA) is 21.3 Å². The Kier molecular flexibility index (Phi) is 5.38. The van der Waals surface area contributed by atoms with Gasteiger partial charge in [-0.3, -0.25) is 0 Å². The van der Waals surface area contributed by atoms with E-state index in [0.29, 0.717) is 0 Å². The molecule has 0 aliphatic rings. The Morgan fingerprint density at radius 3 is 2.67 bits per heavy atom. The summed E-state index contributed by atoms with van der Waals surface area (Å²) in [5.74, 6) is 0.936. The molecule has 2 heteroatoms. The summed E-state index contributed by atoms with van der Waals surface area (Å²) in [7, 11) is 0. The maximum Gasteiger partial charge on any atom is 0.119 e. The van der Waals surface area contributed by atoms with Crippen molar-refractivity contribution in [3.8, 4) is 5.75 Å². The Morgan fingerprint density at radius 1 is 1.33 bits per heavy atom. The van der Waals surface area contributed by atoms with Crippen molar-refractivity contribution in [2.45, 2.75) is 19.8 Å². The van der Waals surface area contributed by atoms with Gasteiger partial charge in [-0.15, -0.1) is 6.58 Å². The van der Waals surface area contributed by atoms with E-state index in [4.69, 9.17) is 4.74 Å². The Balaban J connectivity index is 2.38. The first-order valence-electron chi connectivity index (χ1n) is 5.44. The maximum atomic E-state index is 5.49. The third-order valence-corrected chi connectivity index (χ3v) is 2.00. The van der Waals surface area contributed by atoms with Crippen LogP contribution in [0.15, 0.2) is 36.9 Å². The highest BCUT2D eigenvalue weighted by Crippen LogP contribution is 2.15. The summed E-state index contributed by atoms with van der Waals surface area (Å²) in [5, 5.41) is 3.30. The fourth-order valence-electron chi connectivity index (χ4n) is 1.21. The summed E-state index contributed by atoms with van der Waals surface area (Å²) >= 11 is 0. The number of ether oxygens (including phenoxy) is 1. The lowest BCUT2D eigenvalue weighted by Gasteiger charge is -2.07. The van der Waals surface area contributed by atoms with Crippen LogP contribution in [0, 0.1) is 0 Å². The molecule has 0 heterocycles. The van der Waals surface area contributed by atoms with Gasteiger partial charge in [0.1, 0.15) is 5.75 Å². The van der Waals surface area contributed by atoms with Gasteiger partial charge in [-0.05, 0) is 37.1 Å². The average molecular weight is 205 g/mol. The van der Waals surface area contributed by atoms with E-state index in [1.807, 2.05) is 30.3 Å². The van der Waals surface area contributed by atoms with Gasteiger partial charge in [-0.25, -0.2) is 0 Å². The first-order valence-corrected chi connectivity index (χ1v) is 5.44. The van der Waals surface area contributed by atoms with Crippen molar-refractivity contribution in [2.24, 2.45) is 0 Å². The molecule has 0 aromatic heterocycles. The quantitative estimate of drug-likeness (QED) is 0.543. The Morgan fingerprint density at radius 2 is 2.07 bits per heavy atom. The zero-order valence-corrected chi connectivity index (χ0v) is 9.33. The van der Waals surface area contributed by atoms with Gasteiger partial charge in [0.2, 0.25) is 0 Å². The van der Waals surface area contributed by atoms with Gasteiger partial charge in [-0.1, -0.05) is 13.0 Å². The zero-order valence-electron chi connectivity index (χ0n) is 9.33. The Labute approximate surface area is 92.0 Å². The molecule has 2 nitrogen and oxygen atoms in total. The fraction of sp³-hybridized carbons (Fsp3) is 0.385. The molecule has 15 heavy (non-hydrogen) atoms. The van der Waals surface area contributed by atoms with Gasteiger partial charge in [0.15, 0.2) is 0 Å². The van der Waals surface area contributed by atoms with E-state index in [1.54, 1.807) is 0 Å². The molecule has 1 aromatic rings. The summed E-state index contributed by atoms with van der Waals surface area (Å²) in [4.78, 5) is 0. The van der Waals surface area contributed by atoms with Crippen molar-refractivity contribution in [3.05, 3.63) is 36.9 Å². The van der Waals surface area contributed by atoms with Gasteiger partial charge in [0.25, 0.3) is 0 Å². The Bertz CT molecular complexity index is 279.